The number of alkyl halides is 2. The summed E-state index contributed by atoms with van der Waals surface area (Å²) in [4.78, 5) is 15.4. The Hall–Kier alpha value is -3.09. The summed E-state index contributed by atoms with van der Waals surface area (Å²) in [6.45, 7) is 4.17. The number of hydrogen-bond donors (Lipinski definition) is 1. The highest BCUT2D eigenvalue weighted by Crippen LogP contribution is 2.31. The van der Waals surface area contributed by atoms with E-state index >= 15 is 0 Å². The summed E-state index contributed by atoms with van der Waals surface area (Å²) in [6, 6.07) is 14.4. The molecule has 3 aromatic rings. The minimum absolute atomic E-state index is 0.228. The Morgan fingerprint density at radius 3 is 2.44 bits per heavy atom. The summed E-state index contributed by atoms with van der Waals surface area (Å²) >= 11 is 0. The molecular weight excluding hydrogens is 412 g/mol. The molecule has 1 N–H and O–H groups in total. The molecule has 0 amide bonds. The Labute approximate surface area is 187 Å². The van der Waals surface area contributed by atoms with Crippen LogP contribution in [0.4, 0.5) is 8.78 Å². The van der Waals surface area contributed by atoms with E-state index in [1.807, 2.05) is 30.3 Å². The molecule has 0 bridgehead atoms. The zero-order valence-electron chi connectivity index (χ0n) is 18.5. The van der Waals surface area contributed by atoms with Gasteiger partial charge in [-0.3, -0.25) is 0 Å². The molecule has 0 aliphatic carbocycles. The number of aryl methyl sites for hydroxylation is 1. The van der Waals surface area contributed by atoms with Crippen molar-refractivity contribution in [1.29, 1.82) is 0 Å². The first-order valence-electron chi connectivity index (χ1n) is 11.1. The second-order valence-corrected chi connectivity index (χ2v) is 8.00. The molecule has 0 fully saturated rings. The molecule has 0 saturated carbocycles. The average molecular weight is 442 g/mol. The van der Waals surface area contributed by atoms with Crippen LogP contribution in [-0.4, -0.2) is 25.8 Å². The van der Waals surface area contributed by atoms with Gasteiger partial charge in [0.05, 0.1) is 12.1 Å². The third-order valence-electron chi connectivity index (χ3n) is 5.37. The molecule has 32 heavy (non-hydrogen) atoms. The van der Waals surface area contributed by atoms with Crippen molar-refractivity contribution in [3.8, 4) is 11.1 Å². The Bertz CT molecular complexity index is 1050. The maximum Gasteiger partial charge on any atom is 0.335 e. The van der Waals surface area contributed by atoms with Crippen LogP contribution in [0.25, 0.3) is 11.1 Å². The molecule has 3 rings (SSSR count). The number of rotatable bonds is 11. The third-order valence-corrected chi connectivity index (χ3v) is 5.37. The number of benzene rings is 2. The second-order valence-electron chi connectivity index (χ2n) is 8.00. The van der Waals surface area contributed by atoms with Crippen LogP contribution >= 0.6 is 0 Å². The Morgan fingerprint density at radius 1 is 1.03 bits per heavy atom. The van der Waals surface area contributed by atoms with Crippen LogP contribution in [-0.2, 0) is 18.9 Å². The summed E-state index contributed by atoms with van der Waals surface area (Å²) in [6.07, 6.45) is 3.64. The van der Waals surface area contributed by atoms with Crippen LogP contribution in [0, 0.1) is 0 Å². The number of nitrogens with zero attached hydrogens (tertiary/aromatic N) is 3. The lowest BCUT2D eigenvalue weighted by atomic mass is 10.0. The van der Waals surface area contributed by atoms with E-state index in [0.717, 1.165) is 36.0 Å². The van der Waals surface area contributed by atoms with Crippen LogP contribution < -0.4 is 0 Å². The van der Waals surface area contributed by atoms with Crippen LogP contribution in [0.2, 0.25) is 0 Å². The van der Waals surface area contributed by atoms with Crippen LogP contribution in [0.5, 0.6) is 0 Å². The van der Waals surface area contributed by atoms with Gasteiger partial charge in [-0.1, -0.05) is 63.1 Å². The van der Waals surface area contributed by atoms with Crippen molar-refractivity contribution in [3.63, 3.8) is 0 Å². The first-order chi connectivity index (χ1) is 15.3. The fourth-order valence-corrected chi connectivity index (χ4v) is 3.61. The number of carboxylic acid groups (broad SMARTS) is 1. The van der Waals surface area contributed by atoms with E-state index in [-0.39, 0.29) is 12.0 Å². The van der Waals surface area contributed by atoms with E-state index in [4.69, 9.17) is 0 Å². The van der Waals surface area contributed by atoms with E-state index in [1.165, 1.54) is 0 Å². The summed E-state index contributed by atoms with van der Waals surface area (Å²) < 4.78 is 30.4. The van der Waals surface area contributed by atoms with E-state index in [2.05, 4.69) is 17.0 Å². The molecule has 0 aliphatic heterocycles. The van der Waals surface area contributed by atoms with E-state index in [0.29, 0.717) is 25.2 Å². The summed E-state index contributed by atoms with van der Waals surface area (Å²) in [5.41, 5.74) is 2.83. The standard InChI is InChI=1S/C25H29F2N3O2/c1-3-5-6-10-22-28-24(25(26,27)15-4-2)29-30(22)17-18-11-13-19(14-12-18)20-8-7-9-21(16-20)23(31)32/h7-9,11-14,16H,3-6,10,15,17H2,1-2H3,(H,31,32). The van der Waals surface area contributed by atoms with Crippen molar-refractivity contribution in [2.24, 2.45) is 0 Å². The maximum atomic E-state index is 14.4. The number of hydrogen-bond acceptors (Lipinski definition) is 3. The zero-order valence-corrected chi connectivity index (χ0v) is 18.5. The molecular formula is C25H29F2N3O2. The molecule has 0 radical (unpaired) electrons. The van der Waals surface area contributed by atoms with Gasteiger partial charge in [-0.15, -0.1) is 5.10 Å². The first-order valence-corrected chi connectivity index (χ1v) is 11.1. The molecule has 5 nitrogen and oxygen atoms in total. The van der Waals surface area contributed by atoms with Crippen molar-refractivity contribution >= 4 is 5.97 Å². The van der Waals surface area contributed by atoms with Crippen LogP contribution in [0.3, 0.4) is 0 Å². The molecule has 1 aromatic heterocycles. The van der Waals surface area contributed by atoms with Gasteiger partial charge >= 0.3 is 11.9 Å². The largest absolute Gasteiger partial charge is 0.478 e. The summed E-state index contributed by atoms with van der Waals surface area (Å²) in [5, 5.41) is 13.4. The smallest absolute Gasteiger partial charge is 0.335 e. The van der Waals surface area contributed by atoms with Crippen molar-refractivity contribution in [1.82, 2.24) is 14.8 Å². The Morgan fingerprint density at radius 2 is 1.78 bits per heavy atom. The van der Waals surface area contributed by atoms with Crippen LogP contribution in [0.1, 0.15) is 73.5 Å². The second kappa shape index (κ2) is 10.5. The minimum atomic E-state index is -3.03. The lowest BCUT2D eigenvalue weighted by Crippen LogP contribution is -2.15. The number of unbranched alkanes of at least 4 members (excludes halogenated alkanes) is 2. The topological polar surface area (TPSA) is 68.0 Å². The molecule has 0 saturated heterocycles. The lowest BCUT2D eigenvalue weighted by molar-refractivity contribution is -0.0232. The number of carboxylic acids is 1. The molecule has 1 heterocycles. The molecule has 0 atom stereocenters. The van der Waals surface area contributed by atoms with Gasteiger partial charge in [-0.25, -0.2) is 14.5 Å². The number of carbonyl (C=O) groups is 1. The Balaban J connectivity index is 1.83. The molecule has 0 spiro atoms. The van der Waals surface area contributed by atoms with Gasteiger partial charge in [0.25, 0.3) is 0 Å². The fraction of sp³-hybridized carbons (Fsp3) is 0.400. The van der Waals surface area contributed by atoms with E-state index < -0.39 is 17.7 Å². The number of aromatic nitrogens is 3. The Kier molecular flexibility index (Phi) is 7.72. The van der Waals surface area contributed by atoms with E-state index in [9.17, 15) is 18.7 Å². The number of aromatic carboxylic acids is 1. The van der Waals surface area contributed by atoms with Gasteiger partial charge < -0.3 is 5.11 Å². The predicted octanol–water partition coefficient (Wildman–Crippen LogP) is 6.32. The maximum absolute atomic E-state index is 14.4. The first kappa shape index (κ1) is 23.6. The average Bonchev–Trinajstić information content (AvgIpc) is 3.18. The highest BCUT2D eigenvalue weighted by Gasteiger charge is 2.36. The molecule has 2 aromatic carbocycles. The third kappa shape index (κ3) is 5.78. The molecule has 0 aliphatic rings. The highest BCUT2D eigenvalue weighted by molar-refractivity contribution is 5.89. The monoisotopic (exact) mass is 441 g/mol. The predicted molar refractivity (Wildman–Crippen MR) is 120 cm³/mol. The van der Waals surface area contributed by atoms with E-state index in [1.54, 1.807) is 29.8 Å². The van der Waals surface area contributed by atoms with Crippen molar-refractivity contribution in [2.75, 3.05) is 0 Å². The van der Waals surface area contributed by atoms with Crippen molar-refractivity contribution in [3.05, 3.63) is 71.3 Å². The molecule has 7 heteroatoms. The fourth-order valence-electron chi connectivity index (χ4n) is 3.61. The van der Waals surface area contributed by atoms with Gasteiger partial charge in [-0.05, 0) is 41.7 Å². The quantitative estimate of drug-likeness (QED) is 0.354. The summed E-state index contributed by atoms with van der Waals surface area (Å²) in [5.74, 6) is -3.81. The zero-order chi connectivity index (χ0) is 23.1. The van der Waals surface area contributed by atoms with Gasteiger partial charge in [-0.2, -0.15) is 8.78 Å². The number of halogens is 2. The SMILES string of the molecule is CCCCCc1nc(C(F)(F)CCC)nn1Cc1ccc(-c2cccc(C(=O)O)c2)cc1. The van der Waals surface area contributed by atoms with Crippen molar-refractivity contribution < 1.29 is 18.7 Å². The summed E-state index contributed by atoms with van der Waals surface area (Å²) in [7, 11) is 0. The molecule has 0 unspecified atom stereocenters. The van der Waals surface area contributed by atoms with Gasteiger partial charge in [0.1, 0.15) is 5.82 Å². The van der Waals surface area contributed by atoms with Crippen LogP contribution in [0.15, 0.2) is 48.5 Å². The normalized spacial score (nSPS) is 11.6. The lowest BCUT2D eigenvalue weighted by Gasteiger charge is -2.10. The van der Waals surface area contributed by atoms with Gasteiger partial charge in [0.2, 0.25) is 5.82 Å². The van der Waals surface area contributed by atoms with Crippen molar-refractivity contribution in [2.45, 2.75) is 64.8 Å². The van der Waals surface area contributed by atoms with Gasteiger partial charge in [0.15, 0.2) is 0 Å². The van der Waals surface area contributed by atoms with Gasteiger partial charge in [0, 0.05) is 12.8 Å². The highest BCUT2D eigenvalue weighted by atomic mass is 19.3. The minimum Gasteiger partial charge on any atom is -0.478 e. The molecule has 170 valence electrons.